The Morgan fingerprint density at radius 3 is 2.59 bits per heavy atom. The lowest BCUT2D eigenvalue weighted by molar-refractivity contribution is -0.125. The van der Waals surface area contributed by atoms with Gasteiger partial charge in [-0.2, -0.15) is 5.10 Å². The molecule has 1 amide bonds. The maximum absolute atomic E-state index is 12.8. The smallest absolute Gasteiger partial charge is 0.223 e. The standard InChI is InChI=1S/C29H33N5O3/c1-20-8-9-23(18-21(20)2)24-19-25-28(30-12-16-34(25)32-24)33-14-10-22(11-15-33)29(35)31-13-17-37-27-7-5-4-6-26(27)36-3/h4-9,12,16,18-19,22H,10-11,13-15,17H2,1-3H3,(H,31,35). The van der Waals surface area contributed by atoms with Gasteiger partial charge in [0.15, 0.2) is 17.3 Å². The molecule has 5 rings (SSSR count). The van der Waals surface area contributed by atoms with Gasteiger partial charge in [0.2, 0.25) is 5.91 Å². The number of aryl methyl sites for hydroxylation is 2. The minimum atomic E-state index is -0.0155. The van der Waals surface area contributed by atoms with E-state index >= 15 is 0 Å². The molecule has 0 radical (unpaired) electrons. The highest BCUT2D eigenvalue weighted by Crippen LogP contribution is 2.29. The van der Waals surface area contributed by atoms with Crippen LogP contribution in [0.4, 0.5) is 5.82 Å². The zero-order chi connectivity index (χ0) is 25.8. The molecule has 0 aliphatic carbocycles. The molecule has 1 N–H and O–H groups in total. The van der Waals surface area contributed by atoms with E-state index in [9.17, 15) is 4.79 Å². The molecular formula is C29H33N5O3. The van der Waals surface area contributed by atoms with Crippen molar-refractivity contribution in [3.05, 3.63) is 72.1 Å². The largest absolute Gasteiger partial charge is 0.493 e. The minimum Gasteiger partial charge on any atom is -0.493 e. The molecule has 8 heteroatoms. The van der Waals surface area contributed by atoms with Crippen molar-refractivity contribution in [2.75, 3.05) is 38.3 Å². The first kappa shape index (κ1) is 24.6. The fourth-order valence-corrected chi connectivity index (χ4v) is 4.76. The normalized spacial score (nSPS) is 14.1. The molecular weight excluding hydrogens is 466 g/mol. The highest BCUT2D eigenvalue weighted by Gasteiger charge is 2.26. The summed E-state index contributed by atoms with van der Waals surface area (Å²) in [5, 5.41) is 7.81. The van der Waals surface area contributed by atoms with Crippen LogP contribution in [0.2, 0.25) is 0 Å². The summed E-state index contributed by atoms with van der Waals surface area (Å²) in [6, 6.07) is 16.0. The number of nitrogens with zero attached hydrogens (tertiary/aromatic N) is 4. The Hall–Kier alpha value is -4.07. The molecule has 0 unspecified atom stereocenters. The van der Waals surface area contributed by atoms with E-state index in [2.05, 4.69) is 53.3 Å². The highest BCUT2D eigenvalue weighted by atomic mass is 16.5. The van der Waals surface area contributed by atoms with Gasteiger partial charge in [0.25, 0.3) is 0 Å². The number of hydrogen-bond acceptors (Lipinski definition) is 6. The van der Waals surface area contributed by atoms with Crippen LogP contribution in [-0.2, 0) is 4.79 Å². The summed E-state index contributed by atoms with van der Waals surface area (Å²) in [5.41, 5.74) is 5.53. The molecule has 3 heterocycles. The quantitative estimate of drug-likeness (QED) is 0.361. The molecule has 0 spiro atoms. The fraction of sp³-hybridized carbons (Fsp3) is 0.345. The van der Waals surface area contributed by atoms with Crippen LogP contribution >= 0.6 is 0 Å². The Morgan fingerprint density at radius 2 is 1.84 bits per heavy atom. The van der Waals surface area contributed by atoms with Crippen LogP contribution in [-0.4, -0.2) is 53.9 Å². The van der Waals surface area contributed by atoms with Crippen LogP contribution in [0.25, 0.3) is 16.8 Å². The first-order valence-electron chi connectivity index (χ1n) is 12.7. The molecule has 0 atom stereocenters. The number of rotatable bonds is 8. The number of hydrogen-bond donors (Lipinski definition) is 1. The van der Waals surface area contributed by atoms with Gasteiger partial charge in [-0.15, -0.1) is 0 Å². The molecule has 2 aromatic carbocycles. The molecule has 8 nitrogen and oxygen atoms in total. The monoisotopic (exact) mass is 499 g/mol. The van der Waals surface area contributed by atoms with Gasteiger partial charge in [0.1, 0.15) is 12.1 Å². The summed E-state index contributed by atoms with van der Waals surface area (Å²) in [6.07, 6.45) is 5.23. The van der Waals surface area contributed by atoms with Crippen LogP contribution in [0.1, 0.15) is 24.0 Å². The van der Waals surface area contributed by atoms with Crippen molar-refractivity contribution < 1.29 is 14.3 Å². The van der Waals surface area contributed by atoms with Gasteiger partial charge < -0.3 is 19.7 Å². The molecule has 192 valence electrons. The fourth-order valence-electron chi connectivity index (χ4n) is 4.76. The van der Waals surface area contributed by atoms with E-state index < -0.39 is 0 Å². The van der Waals surface area contributed by atoms with Crippen LogP contribution in [0.3, 0.4) is 0 Å². The maximum Gasteiger partial charge on any atom is 0.223 e. The Bertz CT molecular complexity index is 1390. The Balaban J connectivity index is 1.17. The summed E-state index contributed by atoms with van der Waals surface area (Å²) in [7, 11) is 1.61. The topological polar surface area (TPSA) is 81.0 Å². The molecule has 2 aromatic heterocycles. The van der Waals surface area contributed by atoms with E-state index in [-0.39, 0.29) is 11.8 Å². The van der Waals surface area contributed by atoms with Gasteiger partial charge >= 0.3 is 0 Å². The van der Waals surface area contributed by atoms with E-state index in [1.165, 1.54) is 11.1 Å². The number of amides is 1. The van der Waals surface area contributed by atoms with Crippen molar-refractivity contribution >= 4 is 17.2 Å². The number of carbonyl (C=O) groups excluding carboxylic acids is 1. The van der Waals surface area contributed by atoms with Gasteiger partial charge in [0, 0.05) is 37.0 Å². The highest BCUT2D eigenvalue weighted by molar-refractivity contribution is 5.79. The Kier molecular flexibility index (Phi) is 7.25. The first-order chi connectivity index (χ1) is 18.0. The molecule has 1 aliphatic rings. The number of aromatic nitrogens is 3. The first-order valence-corrected chi connectivity index (χ1v) is 12.7. The number of piperidine rings is 1. The van der Waals surface area contributed by atoms with Crippen molar-refractivity contribution in [2.24, 2.45) is 5.92 Å². The zero-order valence-electron chi connectivity index (χ0n) is 21.6. The van der Waals surface area contributed by atoms with Crippen molar-refractivity contribution in [3.63, 3.8) is 0 Å². The van der Waals surface area contributed by atoms with Gasteiger partial charge in [-0.05, 0) is 62.1 Å². The predicted octanol–water partition coefficient (Wildman–Crippen LogP) is 4.43. The third kappa shape index (κ3) is 5.38. The second-order valence-electron chi connectivity index (χ2n) is 9.46. The van der Waals surface area contributed by atoms with E-state index in [0.717, 1.165) is 48.5 Å². The van der Waals surface area contributed by atoms with Crippen molar-refractivity contribution in [1.29, 1.82) is 0 Å². The molecule has 1 saturated heterocycles. The number of fused-ring (bicyclic) bond motifs is 1. The van der Waals surface area contributed by atoms with Crippen molar-refractivity contribution in [2.45, 2.75) is 26.7 Å². The van der Waals surface area contributed by atoms with E-state index in [1.807, 2.05) is 35.0 Å². The molecule has 37 heavy (non-hydrogen) atoms. The molecule has 1 aliphatic heterocycles. The SMILES string of the molecule is COc1ccccc1OCCNC(=O)C1CCN(c2nccn3nc(-c4ccc(C)c(C)c4)cc23)CC1. The number of anilines is 1. The minimum absolute atomic E-state index is 0.0155. The Labute approximate surface area is 217 Å². The average Bonchev–Trinajstić information content (AvgIpc) is 3.37. The molecule has 1 fully saturated rings. The molecule has 0 saturated carbocycles. The van der Waals surface area contributed by atoms with Crippen molar-refractivity contribution in [3.8, 4) is 22.8 Å². The number of benzene rings is 2. The molecule has 4 aromatic rings. The second-order valence-corrected chi connectivity index (χ2v) is 9.46. The number of ether oxygens (including phenoxy) is 2. The average molecular weight is 500 g/mol. The third-order valence-electron chi connectivity index (χ3n) is 7.07. The van der Waals surface area contributed by atoms with Gasteiger partial charge in [-0.1, -0.05) is 24.3 Å². The zero-order valence-corrected chi connectivity index (χ0v) is 21.6. The predicted molar refractivity (Wildman–Crippen MR) is 144 cm³/mol. The van der Waals surface area contributed by atoms with Crippen LogP contribution in [0, 0.1) is 19.8 Å². The van der Waals surface area contributed by atoms with Gasteiger partial charge in [-0.3, -0.25) is 4.79 Å². The number of carbonyl (C=O) groups is 1. The summed E-state index contributed by atoms with van der Waals surface area (Å²) < 4.78 is 13.0. The van der Waals surface area contributed by atoms with Crippen LogP contribution < -0.4 is 19.7 Å². The second kappa shape index (κ2) is 10.9. The molecule has 0 bridgehead atoms. The van der Waals surface area contributed by atoms with Crippen molar-refractivity contribution in [1.82, 2.24) is 19.9 Å². The van der Waals surface area contributed by atoms with Crippen LogP contribution in [0.15, 0.2) is 60.9 Å². The summed E-state index contributed by atoms with van der Waals surface area (Å²) in [6.45, 7) is 6.62. The maximum atomic E-state index is 12.8. The van der Waals surface area contributed by atoms with E-state index in [0.29, 0.717) is 24.7 Å². The van der Waals surface area contributed by atoms with Crippen LogP contribution in [0.5, 0.6) is 11.5 Å². The van der Waals surface area contributed by atoms with E-state index in [1.54, 1.807) is 13.3 Å². The third-order valence-corrected chi connectivity index (χ3v) is 7.07. The van der Waals surface area contributed by atoms with Gasteiger partial charge in [0.05, 0.1) is 19.3 Å². The lowest BCUT2D eigenvalue weighted by Gasteiger charge is -2.32. The number of methoxy groups -OCH3 is 1. The number of nitrogens with one attached hydrogen (secondary N) is 1. The van der Waals surface area contributed by atoms with Gasteiger partial charge in [-0.25, -0.2) is 9.50 Å². The lowest BCUT2D eigenvalue weighted by Crippen LogP contribution is -2.41. The summed E-state index contributed by atoms with van der Waals surface area (Å²) in [5.74, 6) is 2.34. The lowest BCUT2D eigenvalue weighted by atomic mass is 9.96. The number of para-hydroxylation sites is 2. The summed E-state index contributed by atoms with van der Waals surface area (Å²) in [4.78, 5) is 19.7. The summed E-state index contributed by atoms with van der Waals surface area (Å²) >= 11 is 0. The Morgan fingerprint density at radius 1 is 1.05 bits per heavy atom. The van der Waals surface area contributed by atoms with E-state index in [4.69, 9.17) is 14.6 Å².